The Balaban J connectivity index is 2.54. The summed E-state index contributed by atoms with van der Waals surface area (Å²) in [7, 11) is 0. The number of nitrogens with zero attached hydrogens (tertiary/aromatic N) is 2. The standard InChI is InChI=1S/C16H28N2O2S/c1-4-7-11-18(12-8-5-2)16-17-14(13-21-16)9-10-15(19)20-6-3/h13H,4-12H2,1-3H3. The first-order chi connectivity index (χ1) is 10.2. The van der Waals surface area contributed by atoms with Gasteiger partial charge in [-0.2, -0.15) is 0 Å². The Morgan fingerprint density at radius 3 is 2.48 bits per heavy atom. The molecule has 0 amide bonds. The number of aryl methyl sites for hydroxylation is 1. The second-order valence-corrected chi connectivity index (χ2v) is 5.96. The van der Waals surface area contributed by atoms with Gasteiger partial charge in [-0.05, 0) is 19.8 Å². The number of carbonyl (C=O) groups is 1. The van der Waals surface area contributed by atoms with Crippen molar-refractivity contribution in [3.8, 4) is 0 Å². The normalized spacial score (nSPS) is 10.6. The largest absolute Gasteiger partial charge is 0.466 e. The molecule has 1 rings (SSSR count). The van der Waals surface area contributed by atoms with E-state index in [9.17, 15) is 4.79 Å². The lowest BCUT2D eigenvalue weighted by Gasteiger charge is -2.21. The van der Waals surface area contributed by atoms with E-state index in [1.54, 1.807) is 11.3 Å². The zero-order valence-electron chi connectivity index (χ0n) is 13.6. The number of thiazole rings is 1. The molecule has 1 heterocycles. The van der Waals surface area contributed by atoms with E-state index in [2.05, 4.69) is 29.1 Å². The Morgan fingerprint density at radius 2 is 1.90 bits per heavy atom. The minimum absolute atomic E-state index is 0.138. The quantitative estimate of drug-likeness (QED) is 0.578. The van der Waals surface area contributed by atoms with Crippen LogP contribution in [0, 0.1) is 0 Å². The molecule has 4 nitrogen and oxygen atoms in total. The zero-order valence-corrected chi connectivity index (χ0v) is 14.4. The van der Waals surface area contributed by atoms with Gasteiger partial charge in [0.25, 0.3) is 0 Å². The van der Waals surface area contributed by atoms with Crippen molar-refractivity contribution in [2.75, 3.05) is 24.6 Å². The number of hydrogen-bond donors (Lipinski definition) is 0. The molecule has 0 N–H and O–H groups in total. The van der Waals surface area contributed by atoms with Crippen LogP contribution in [0.4, 0.5) is 5.13 Å². The lowest BCUT2D eigenvalue weighted by molar-refractivity contribution is -0.143. The number of unbranched alkanes of at least 4 members (excludes halogenated alkanes) is 2. The molecule has 0 aliphatic rings. The third-order valence-corrected chi connectivity index (χ3v) is 4.21. The van der Waals surface area contributed by atoms with Crippen LogP contribution in [0.3, 0.4) is 0 Å². The average molecular weight is 312 g/mol. The molecule has 21 heavy (non-hydrogen) atoms. The number of aromatic nitrogens is 1. The first-order valence-corrected chi connectivity index (χ1v) is 8.94. The Hall–Kier alpha value is -1.10. The first kappa shape index (κ1) is 18.0. The van der Waals surface area contributed by atoms with Crippen molar-refractivity contribution in [1.29, 1.82) is 0 Å². The van der Waals surface area contributed by atoms with Crippen LogP contribution in [-0.4, -0.2) is 30.6 Å². The molecule has 0 saturated carbocycles. The molecule has 0 aliphatic heterocycles. The highest BCUT2D eigenvalue weighted by Crippen LogP contribution is 2.22. The second kappa shape index (κ2) is 10.6. The predicted molar refractivity (Wildman–Crippen MR) is 89.1 cm³/mol. The van der Waals surface area contributed by atoms with Crippen molar-refractivity contribution in [1.82, 2.24) is 4.98 Å². The van der Waals surface area contributed by atoms with E-state index < -0.39 is 0 Å². The van der Waals surface area contributed by atoms with Crippen LogP contribution in [0.1, 0.15) is 58.6 Å². The second-order valence-electron chi connectivity index (χ2n) is 5.12. The van der Waals surface area contributed by atoms with Crippen molar-refractivity contribution in [3.63, 3.8) is 0 Å². The van der Waals surface area contributed by atoms with Gasteiger partial charge in [-0.1, -0.05) is 26.7 Å². The summed E-state index contributed by atoms with van der Waals surface area (Å²) >= 11 is 1.69. The van der Waals surface area contributed by atoms with Gasteiger partial charge in [0.15, 0.2) is 5.13 Å². The maximum atomic E-state index is 11.4. The number of hydrogen-bond acceptors (Lipinski definition) is 5. The highest BCUT2D eigenvalue weighted by molar-refractivity contribution is 7.13. The van der Waals surface area contributed by atoms with E-state index in [0.29, 0.717) is 19.4 Å². The maximum Gasteiger partial charge on any atom is 0.306 e. The van der Waals surface area contributed by atoms with E-state index in [-0.39, 0.29) is 5.97 Å². The highest BCUT2D eigenvalue weighted by Gasteiger charge is 2.11. The predicted octanol–water partition coefficient (Wildman–Crippen LogP) is 4.05. The summed E-state index contributed by atoms with van der Waals surface area (Å²) in [4.78, 5) is 18.4. The molecule has 0 fully saturated rings. The Labute approximate surface area is 132 Å². The third-order valence-electron chi connectivity index (χ3n) is 3.26. The molecule has 0 unspecified atom stereocenters. The lowest BCUT2D eigenvalue weighted by atomic mass is 10.2. The van der Waals surface area contributed by atoms with Gasteiger partial charge in [0.05, 0.1) is 18.7 Å². The van der Waals surface area contributed by atoms with Crippen molar-refractivity contribution < 1.29 is 9.53 Å². The van der Waals surface area contributed by atoms with E-state index in [1.807, 2.05) is 6.92 Å². The molecular formula is C16H28N2O2S. The first-order valence-electron chi connectivity index (χ1n) is 8.06. The topological polar surface area (TPSA) is 42.4 Å². The van der Waals surface area contributed by atoms with Gasteiger partial charge in [-0.15, -0.1) is 11.3 Å². The van der Waals surface area contributed by atoms with E-state index in [4.69, 9.17) is 4.74 Å². The van der Waals surface area contributed by atoms with Crippen LogP contribution in [0.25, 0.3) is 0 Å². The SMILES string of the molecule is CCCCN(CCCC)c1nc(CCC(=O)OCC)cs1. The maximum absolute atomic E-state index is 11.4. The van der Waals surface area contributed by atoms with Gasteiger partial charge in [0.2, 0.25) is 0 Å². The van der Waals surface area contributed by atoms with Crippen LogP contribution in [0.15, 0.2) is 5.38 Å². The summed E-state index contributed by atoms with van der Waals surface area (Å²) < 4.78 is 4.95. The van der Waals surface area contributed by atoms with Crippen LogP contribution < -0.4 is 4.90 Å². The molecular weight excluding hydrogens is 284 g/mol. The molecule has 0 aliphatic carbocycles. The van der Waals surface area contributed by atoms with Gasteiger partial charge in [0.1, 0.15) is 0 Å². The number of carbonyl (C=O) groups excluding carboxylic acids is 1. The molecule has 0 saturated heterocycles. The van der Waals surface area contributed by atoms with Gasteiger partial charge >= 0.3 is 5.97 Å². The Morgan fingerprint density at radius 1 is 1.24 bits per heavy atom. The summed E-state index contributed by atoms with van der Waals surface area (Å²) in [6.45, 7) is 8.85. The van der Waals surface area contributed by atoms with Crippen LogP contribution >= 0.6 is 11.3 Å². The van der Waals surface area contributed by atoms with E-state index in [0.717, 1.165) is 23.9 Å². The molecule has 1 aromatic rings. The number of ether oxygens (including phenoxy) is 1. The van der Waals surface area contributed by atoms with Crippen LogP contribution in [0.2, 0.25) is 0 Å². The number of esters is 1. The van der Waals surface area contributed by atoms with Crippen molar-refractivity contribution in [3.05, 3.63) is 11.1 Å². The average Bonchev–Trinajstić information content (AvgIpc) is 2.94. The fourth-order valence-electron chi connectivity index (χ4n) is 2.02. The summed E-state index contributed by atoms with van der Waals surface area (Å²) in [5.41, 5.74) is 1.00. The molecule has 120 valence electrons. The van der Waals surface area contributed by atoms with E-state index in [1.165, 1.54) is 25.7 Å². The minimum Gasteiger partial charge on any atom is -0.466 e. The van der Waals surface area contributed by atoms with Crippen LogP contribution in [0.5, 0.6) is 0 Å². The van der Waals surface area contributed by atoms with Crippen molar-refractivity contribution in [2.24, 2.45) is 0 Å². The molecule has 0 atom stereocenters. The van der Waals surface area contributed by atoms with Crippen LogP contribution in [-0.2, 0) is 16.0 Å². The fourth-order valence-corrected chi connectivity index (χ4v) is 2.93. The van der Waals surface area contributed by atoms with E-state index >= 15 is 0 Å². The van der Waals surface area contributed by atoms with Gasteiger partial charge in [0, 0.05) is 24.9 Å². The summed E-state index contributed by atoms with van der Waals surface area (Å²) in [5, 5.41) is 3.16. The Bertz CT molecular complexity index is 399. The Kier molecular flexibility index (Phi) is 9.06. The summed E-state index contributed by atoms with van der Waals surface area (Å²) in [6.07, 6.45) is 5.88. The number of rotatable bonds is 11. The van der Waals surface area contributed by atoms with Crippen molar-refractivity contribution in [2.45, 2.75) is 59.3 Å². The summed E-state index contributed by atoms with van der Waals surface area (Å²) in [6, 6.07) is 0. The lowest BCUT2D eigenvalue weighted by Crippen LogP contribution is -2.25. The molecule has 0 aromatic carbocycles. The van der Waals surface area contributed by atoms with Crippen molar-refractivity contribution >= 4 is 22.4 Å². The zero-order chi connectivity index (χ0) is 15.5. The molecule has 1 aromatic heterocycles. The van der Waals surface area contributed by atoms with Gasteiger partial charge in [-0.25, -0.2) is 4.98 Å². The molecule has 0 bridgehead atoms. The fraction of sp³-hybridized carbons (Fsp3) is 0.750. The number of anilines is 1. The molecule has 5 heteroatoms. The monoisotopic (exact) mass is 312 g/mol. The minimum atomic E-state index is -0.138. The highest BCUT2D eigenvalue weighted by atomic mass is 32.1. The molecule has 0 radical (unpaired) electrons. The smallest absolute Gasteiger partial charge is 0.306 e. The van der Waals surface area contributed by atoms with Gasteiger partial charge in [-0.3, -0.25) is 4.79 Å². The molecule has 0 spiro atoms. The summed E-state index contributed by atoms with van der Waals surface area (Å²) in [5.74, 6) is -0.138. The third kappa shape index (κ3) is 6.93. The van der Waals surface area contributed by atoms with Gasteiger partial charge < -0.3 is 9.64 Å².